The quantitative estimate of drug-likeness (QED) is 0.769. The monoisotopic (exact) mass is 339 g/mol. The van der Waals surface area contributed by atoms with E-state index >= 15 is 0 Å². The van der Waals surface area contributed by atoms with Crippen molar-refractivity contribution in [3.8, 4) is 17.2 Å². The summed E-state index contributed by atoms with van der Waals surface area (Å²) in [5.41, 5.74) is 0.910. The molecule has 0 unspecified atom stereocenters. The van der Waals surface area contributed by atoms with Gasteiger partial charge in [0.2, 0.25) is 0 Å². The summed E-state index contributed by atoms with van der Waals surface area (Å²) in [7, 11) is 4.50. The van der Waals surface area contributed by atoms with E-state index in [4.69, 9.17) is 14.2 Å². The number of hydrogen-bond acceptors (Lipinski definition) is 6. The van der Waals surface area contributed by atoms with Crippen LogP contribution in [-0.4, -0.2) is 37.2 Å². The Hall–Kier alpha value is -3.35. The van der Waals surface area contributed by atoms with Gasteiger partial charge in [0.25, 0.3) is 5.91 Å². The molecule has 0 saturated heterocycles. The zero-order valence-electron chi connectivity index (χ0n) is 14.1. The van der Waals surface area contributed by atoms with Gasteiger partial charge in [0.1, 0.15) is 11.3 Å². The number of fused-ring (bicyclic) bond motifs is 1. The minimum atomic E-state index is -0.386. The van der Waals surface area contributed by atoms with Crippen LogP contribution in [0.1, 0.15) is 10.4 Å². The van der Waals surface area contributed by atoms with Crippen LogP contribution in [-0.2, 0) is 0 Å². The molecule has 2 aromatic heterocycles. The van der Waals surface area contributed by atoms with E-state index in [-0.39, 0.29) is 5.91 Å². The maximum atomic E-state index is 12.8. The Bertz CT molecular complexity index is 922. The molecule has 3 rings (SSSR count). The molecule has 0 saturated carbocycles. The zero-order valence-corrected chi connectivity index (χ0v) is 14.1. The number of hydrogen-bond donors (Lipinski definition) is 1. The van der Waals surface area contributed by atoms with Gasteiger partial charge in [-0.15, -0.1) is 0 Å². The number of pyridine rings is 2. The van der Waals surface area contributed by atoms with Crippen LogP contribution in [0.5, 0.6) is 17.2 Å². The molecule has 0 aliphatic heterocycles. The van der Waals surface area contributed by atoms with Crippen molar-refractivity contribution in [3.05, 3.63) is 48.3 Å². The first-order chi connectivity index (χ1) is 12.2. The Morgan fingerprint density at radius 3 is 2.36 bits per heavy atom. The van der Waals surface area contributed by atoms with Gasteiger partial charge in [0.15, 0.2) is 17.3 Å². The zero-order chi connectivity index (χ0) is 17.8. The van der Waals surface area contributed by atoms with Gasteiger partial charge in [0, 0.05) is 29.9 Å². The molecule has 1 N–H and O–H groups in total. The van der Waals surface area contributed by atoms with Crippen LogP contribution >= 0.6 is 0 Å². The molecular weight excluding hydrogens is 322 g/mol. The smallest absolute Gasteiger partial charge is 0.260 e. The van der Waals surface area contributed by atoms with Crippen LogP contribution in [0.2, 0.25) is 0 Å². The van der Waals surface area contributed by atoms with E-state index in [0.29, 0.717) is 34.1 Å². The molecule has 0 fully saturated rings. The molecule has 1 amide bonds. The molecule has 0 radical (unpaired) electrons. The van der Waals surface area contributed by atoms with Crippen molar-refractivity contribution in [3.63, 3.8) is 0 Å². The molecule has 0 atom stereocenters. The second kappa shape index (κ2) is 7.04. The number of nitrogens with one attached hydrogen (secondary N) is 1. The lowest BCUT2D eigenvalue weighted by molar-refractivity contribution is 0.102. The Balaban J connectivity index is 2.00. The average Bonchev–Trinajstić information content (AvgIpc) is 2.67. The summed E-state index contributed by atoms with van der Waals surface area (Å²) >= 11 is 0. The van der Waals surface area contributed by atoms with Crippen LogP contribution < -0.4 is 19.5 Å². The first kappa shape index (κ1) is 16.5. The predicted octanol–water partition coefficient (Wildman–Crippen LogP) is 2.91. The normalized spacial score (nSPS) is 10.4. The molecule has 0 spiro atoms. The third-order valence-electron chi connectivity index (χ3n) is 3.70. The molecule has 0 aliphatic rings. The molecule has 0 aliphatic carbocycles. The molecule has 1 aromatic carbocycles. The van der Waals surface area contributed by atoms with Gasteiger partial charge >= 0.3 is 0 Å². The Kier molecular flexibility index (Phi) is 4.65. The summed E-state index contributed by atoms with van der Waals surface area (Å²) in [6, 6.07) is 8.71. The number of aromatic nitrogens is 2. The minimum Gasteiger partial charge on any atom is -0.496 e. The van der Waals surface area contributed by atoms with Crippen LogP contribution in [0.15, 0.2) is 42.7 Å². The predicted molar refractivity (Wildman–Crippen MR) is 93.6 cm³/mol. The lowest BCUT2D eigenvalue weighted by Crippen LogP contribution is -2.15. The maximum absolute atomic E-state index is 12.8. The fraction of sp³-hybridized carbons (Fsp3) is 0.167. The highest BCUT2D eigenvalue weighted by Gasteiger charge is 2.19. The summed E-state index contributed by atoms with van der Waals surface area (Å²) in [6.07, 6.45) is 3.27. The number of ether oxygens (including phenoxy) is 3. The number of carbonyl (C=O) groups excluding carboxylic acids is 1. The molecule has 3 aromatic rings. The Morgan fingerprint density at radius 2 is 1.64 bits per heavy atom. The van der Waals surface area contributed by atoms with Crippen molar-refractivity contribution in [2.75, 3.05) is 26.6 Å². The van der Waals surface area contributed by atoms with E-state index in [1.165, 1.54) is 21.3 Å². The van der Waals surface area contributed by atoms with Gasteiger partial charge in [-0.1, -0.05) is 6.07 Å². The summed E-state index contributed by atoms with van der Waals surface area (Å²) in [5, 5.41) is 3.66. The fourth-order valence-electron chi connectivity index (χ4n) is 2.48. The van der Waals surface area contributed by atoms with Crippen molar-refractivity contribution in [1.82, 2.24) is 9.97 Å². The number of methoxy groups -OCH3 is 3. The van der Waals surface area contributed by atoms with Crippen molar-refractivity contribution >= 4 is 22.6 Å². The lowest BCUT2D eigenvalue weighted by Gasteiger charge is -2.14. The second-order valence-electron chi connectivity index (χ2n) is 5.10. The van der Waals surface area contributed by atoms with Crippen molar-refractivity contribution in [2.24, 2.45) is 0 Å². The molecular formula is C18H17N3O4. The molecule has 25 heavy (non-hydrogen) atoms. The average molecular weight is 339 g/mol. The van der Waals surface area contributed by atoms with Gasteiger partial charge in [0.05, 0.1) is 26.9 Å². The highest BCUT2D eigenvalue weighted by Crippen LogP contribution is 2.35. The van der Waals surface area contributed by atoms with Gasteiger partial charge in [-0.05, 0) is 12.1 Å². The number of benzene rings is 1. The highest BCUT2D eigenvalue weighted by molar-refractivity contribution is 6.09. The summed E-state index contributed by atoms with van der Waals surface area (Å²) in [5.74, 6) is 1.25. The Labute approximate surface area is 144 Å². The van der Waals surface area contributed by atoms with Crippen molar-refractivity contribution < 1.29 is 19.0 Å². The van der Waals surface area contributed by atoms with Crippen molar-refractivity contribution in [1.29, 1.82) is 0 Å². The molecule has 7 heteroatoms. The van der Waals surface area contributed by atoms with Gasteiger partial charge < -0.3 is 19.5 Å². The summed E-state index contributed by atoms with van der Waals surface area (Å²) < 4.78 is 15.8. The number of anilines is 1. The molecule has 2 heterocycles. The highest BCUT2D eigenvalue weighted by atomic mass is 16.5. The largest absolute Gasteiger partial charge is 0.496 e. The van der Waals surface area contributed by atoms with E-state index < -0.39 is 0 Å². The molecule has 0 bridgehead atoms. The molecule has 128 valence electrons. The van der Waals surface area contributed by atoms with Crippen LogP contribution in [0.25, 0.3) is 10.9 Å². The third-order valence-corrected chi connectivity index (χ3v) is 3.70. The van der Waals surface area contributed by atoms with Crippen LogP contribution in [0.4, 0.5) is 5.82 Å². The SMILES string of the molecule is COc1cc(OC)c(C(=O)Nc2nccc3cccnc23)cc1OC. The molecule has 7 nitrogen and oxygen atoms in total. The number of rotatable bonds is 5. The first-order valence-electron chi connectivity index (χ1n) is 7.49. The number of carbonyl (C=O) groups is 1. The van der Waals surface area contributed by atoms with Gasteiger partial charge in [-0.2, -0.15) is 0 Å². The number of nitrogens with zero attached hydrogens (tertiary/aromatic N) is 2. The summed E-state index contributed by atoms with van der Waals surface area (Å²) in [6.45, 7) is 0. The van der Waals surface area contributed by atoms with Crippen molar-refractivity contribution in [2.45, 2.75) is 0 Å². The first-order valence-corrected chi connectivity index (χ1v) is 7.49. The van der Waals surface area contributed by atoms with Gasteiger partial charge in [-0.3, -0.25) is 9.78 Å². The van der Waals surface area contributed by atoms with Gasteiger partial charge in [-0.25, -0.2) is 4.98 Å². The van der Waals surface area contributed by atoms with E-state index in [1.807, 2.05) is 18.2 Å². The third kappa shape index (κ3) is 3.16. The maximum Gasteiger partial charge on any atom is 0.260 e. The lowest BCUT2D eigenvalue weighted by atomic mass is 10.1. The van der Waals surface area contributed by atoms with E-state index in [1.54, 1.807) is 24.5 Å². The topological polar surface area (TPSA) is 82.6 Å². The van der Waals surface area contributed by atoms with E-state index in [0.717, 1.165) is 5.39 Å². The van der Waals surface area contributed by atoms with E-state index in [9.17, 15) is 4.79 Å². The minimum absolute atomic E-state index is 0.301. The van der Waals surface area contributed by atoms with Crippen LogP contribution in [0.3, 0.4) is 0 Å². The van der Waals surface area contributed by atoms with E-state index in [2.05, 4.69) is 15.3 Å². The standard InChI is InChI=1S/C18H17N3O4/c1-23-13-10-15(25-3)14(24-2)9-12(13)18(22)21-17-16-11(6-8-20-17)5-4-7-19-16/h4-10H,1-3H3,(H,20,21,22). The number of amides is 1. The van der Waals surface area contributed by atoms with Crippen LogP contribution in [0, 0.1) is 0 Å². The fourth-order valence-corrected chi connectivity index (χ4v) is 2.48. The second-order valence-corrected chi connectivity index (χ2v) is 5.10. The Morgan fingerprint density at radius 1 is 0.920 bits per heavy atom. The summed E-state index contributed by atoms with van der Waals surface area (Å²) in [4.78, 5) is 21.2.